The molecule has 1 aliphatic heterocycles. The minimum Gasteiger partial charge on any atom is -0.497 e. The van der Waals surface area contributed by atoms with Gasteiger partial charge in [0.1, 0.15) is 5.75 Å². The molecule has 0 aliphatic carbocycles. The first-order chi connectivity index (χ1) is 15.4. The van der Waals surface area contributed by atoms with Crippen LogP contribution in [0.25, 0.3) is 10.8 Å². The largest absolute Gasteiger partial charge is 0.497 e. The molecule has 3 aromatic carbocycles. The molecule has 2 atom stereocenters. The topological polar surface area (TPSA) is 41.6 Å². The highest BCUT2D eigenvalue weighted by molar-refractivity contribution is 6.42. The average molecular weight is 471 g/mol. The summed E-state index contributed by atoms with van der Waals surface area (Å²) in [5, 5.41) is 6.55. The van der Waals surface area contributed by atoms with Gasteiger partial charge >= 0.3 is 0 Å². The molecule has 3 aromatic rings. The van der Waals surface area contributed by atoms with Crippen LogP contribution in [0.4, 0.5) is 0 Å². The van der Waals surface area contributed by atoms with E-state index in [1.54, 1.807) is 7.11 Å². The summed E-state index contributed by atoms with van der Waals surface area (Å²) in [6.45, 7) is 5.49. The fraction of sp³-hybridized carbons (Fsp3) is 0.346. The first-order valence-corrected chi connectivity index (χ1v) is 11.7. The minimum absolute atomic E-state index is 0.0702. The number of nitrogens with zero attached hydrogens (tertiary/aromatic N) is 1. The highest BCUT2D eigenvalue weighted by atomic mass is 35.5. The zero-order valence-corrected chi connectivity index (χ0v) is 19.9. The molecular formula is C26H28Cl2N2O2. The molecule has 0 spiro atoms. The van der Waals surface area contributed by atoms with Crippen molar-refractivity contribution >= 4 is 39.9 Å². The van der Waals surface area contributed by atoms with Gasteiger partial charge < -0.3 is 10.1 Å². The molecule has 4 nitrogen and oxygen atoms in total. The van der Waals surface area contributed by atoms with Crippen LogP contribution >= 0.6 is 23.2 Å². The van der Waals surface area contributed by atoms with Gasteiger partial charge in [0.15, 0.2) is 0 Å². The van der Waals surface area contributed by atoms with Crippen LogP contribution in [-0.2, 0) is 11.3 Å². The Hall–Kier alpha value is -2.27. The van der Waals surface area contributed by atoms with Crippen LogP contribution in [0, 0.1) is 5.92 Å². The molecule has 0 saturated carbocycles. The molecule has 1 saturated heterocycles. The molecule has 0 bridgehead atoms. The van der Waals surface area contributed by atoms with Crippen molar-refractivity contribution in [1.29, 1.82) is 0 Å². The van der Waals surface area contributed by atoms with Crippen LogP contribution in [0.15, 0.2) is 54.6 Å². The number of hydrogen-bond acceptors (Lipinski definition) is 3. The number of amides is 1. The van der Waals surface area contributed by atoms with Gasteiger partial charge in [0.25, 0.3) is 0 Å². The van der Waals surface area contributed by atoms with Gasteiger partial charge in [-0.05, 0) is 72.0 Å². The van der Waals surface area contributed by atoms with Gasteiger partial charge in [-0.3, -0.25) is 9.69 Å². The van der Waals surface area contributed by atoms with Crippen LogP contribution < -0.4 is 10.1 Å². The Balaban J connectivity index is 1.29. The van der Waals surface area contributed by atoms with Gasteiger partial charge in [-0.1, -0.05) is 53.5 Å². The van der Waals surface area contributed by atoms with Crippen LogP contribution in [0.1, 0.15) is 30.4 Å². The number of halogens is 2. The predicted molar refractivity (Wildman–Crippen MR) is 132 cm³/mol. The summed E-state index contributed by atoms with van der Waals surface area (Å²) in [5.74, 6) is 1.16. The molecule has 4 rings (SSSR count). The van der Waals surface area contributed by atoms with Crippen molar-refractivity contribution in [2.45, 2.75) is 25.8 Å². The van der Waals surface area contributed by atoms with Crippen molar-refractivity contribution in [2.75, 3.05) is 26.7 Å². The van der Waals surface area contributed by atoms with E-state index in [2.05, 4.69) is 22.3 Å². The molecule has 0 aromatic heterocycles. The monoisotopic (exact) mass is 470 g/mol. The standard InChI is InChI=1S/C26H28Cl2N2O2/c1-17(20-4-5-22-13-23(32-2)7-6-21(22)12-20)26(31)29-14-19-9-10-30(16-19)15-18-3-8-24(27)25(28)11-18/h3-8,11-13,17,19H,9-10,14-16H2,1-2H3,(H,29,31). The van der Waals surface area contributed by atoms with E-state index in [4.69, 9.17) is 27.9 Å². The third-order valence-electron chi connectivity index (χ3n) is 6.29. The van der Waals surface area contributed by atoms with Crippen molar-refractivity contribution < 1.29 is 9.53 Å². The number of likely N-dealkylation sites (tertiary alicyclic amines) is 1. The minimum atomic E-state index is -0.199. The molecule has 6 heteroatoms. The van der Waals surface area contributed by atoms with Gasteiger partial charge in [-0.25, -0.2) is 0 Å². The fourth-order valence-corrected chi connectivity index (χ4v) is 4.63. The number of benzene rings is 3. The quantitative estimate of drug-likeness (QED) is 0.467. The lowest BCUT2D eigenvalue weighted by molar-refractivity contribution is -0.122. The third-order valence-corrected chi connectivity index (χ3v) is 7.03. The second-order valence-electron chi connectivity index (χ2n) is 8.58. The Bertz CT molecular complexity index is 1120. The third kappa shape index (κ3) is 5.37. The van der Waals surface area contributed by atoms with E-state index < -0.39 is 0 Å². The maximum atomic E-state index is 12.8. The van der Waals surface area contributed by atoms with E-state index >= 15 is 0 Å². The summed E-state index contributed by atoms with van der Waals surface area (Å²) >= 11 is 12.1. The Morgan fingerprint density at radius 2 is 1.88 bits per heavy atom. The summed E-state index contributed by atoms with van der Waals surface area (Å²) < 4.78 is 5.29. The first kappa shape index (κ1) is 22.9. The molecular weight excluding hydrogens is 443 g/mol. The van der Waals surface area contributed by atoms with Gasteiger partial charge in [0.2, 0.25) is 5.91 Å². The number of rotatable bonds is 7. The lowest BCUT2D eigenvalue weighted by Gasteiger charge is -2.18. The van der Waals surface area contributed by atoms with E-state index in [0.29, 0.717) is 22.5 Å². The van der Waals surface area contributed by atoms with Crippen molar-refractivity contribution in [3.8, 4) is 5.75 Å². The SMILES string of the molecule is COc1ccc2cc(C(C)C(=O)NCC3CCN(Cc4ccc(Cl)c(Cl)c4)C3)ccc2c1. The Kier molecular flexibility index (Phi) is 7.24. The van der Waals surface area contributed by atoms with Gasteiger partial charge in [-0.2, -0.15) is 0 Å². The zero-order chi connectivity index (χ0) is 22.7. The van der Waals surface area contributed by atoms with E-state index in [0.717, 1.165) is 53.7 Å². The predicted octanol–water partition coefficient (Wildman–Crippen LogP) is 5.90. The van der Waals surface area contributed by atoms with Crippen molar-refractivity contribution in [1.82, 2.24) is 10.2 Å². The van der Waals surface area contributed by atoms with Gasteiger partial charge in [0.05, 0.1) is 23.1 Å². The average Bonchev–Trinajstić information content (AvgIpc) is 3.25. The van der Waals surface area contributed by atoms with Gasteiger partial charge in [-0.15, -0.1) is 0 Å². The lowest BCUT2D eigenvalue weighted by Crippen LogP contribution is -2.33. The second-order valence-corrected chi connectivity index (χ2v) is 9.39. The molecule has 0 radical (unpaired) electrons. The summed E-state index contributed by atoms with van der Waals surface area (Å²) in [6.07, 6.45) is 1.08. The fourth-order valence-electron chi connectivity index (χ4n) is 4.31. The number of nitrogens with one attached hydrogen (secondary N) is 1. The molecule has 2 unspecified atom stereocenters. The zero-order valence-electron chi connectivity index (χ0n) is 18.4. The normalized spacial score (nSPS) is 17.4. The van der Waals surface area contributed by atoms with E-state index in [1.165, 1.54) is 0 Å². The molecule has 1 aliphatic rings. The van der Waals surface area contributed by atoms with Crippen molar-refractivity contribution in [3.63, 3.8) is 0 Å². The Morgan fingerprint density at radius 1 is 1.09 bits per heavy atom. The Labute approximate surface area is 199 Å². The first-order valence-electron chi connectivity index (χ1n) is 10.9. The van der Waals surface area contributed by atoms with E-state index in [-0.39, 0.29) is 11.8 Å². The number of carbonyl (C=O) groups is 1. The van der Waals surface area contributed by atoms with Crippen LogP contribution in [0.5, 0.6) is 5.75 Å². The number of methoxy groups -OCH3 is 1. The summed E-state index contributed by atoms with van der Waals surface area (Å²) in [7, 11) is 1.67. The van der Waals surface area contributed by atoms with E-state index in [9.17, 15) is 4.79 Å². The van der Waals surface area contributed by atoms with Crippen LogP contribution in [-0.4, -0.2) is 37.6 Å². The molecule has 1 heterocycles. The van der Waals surface area contributed by atoms with E-state index in [1.807, 2.05) is 49.4 Å². The van der Waals surface area contributed by atoms with Crippen molar-refractivity contribution in [3.05, 3.63) is 75.8 Å². The maximum Gasteiger partial charge on any atom is 0.227 e. The molecule has 168 valence electrons. The second kappa shape index (κ2) is 10.1. The molecule has 1 amide bonds. The van der Waals surface area contributed by atoms with Crippen LogP contribution in [0.2, 0.25) is 10.0 Å². The summed E-state index contributed by atoms with van der Waals surface area (Å²) in [4.78, 5) is 15.2. The molecule has 1 fully saturated rings. The van der Waals surface area contributed by atoms with Crippen molar-refractivity contribution in [2.24, 2.45) is 5.92 Å². The number of ether oxygens (including phenoxy) is 1. The summed E-state index contributed by atoms with van der Waals surface area (Å²) in [6, 6.07) is 17.9. The highest BCUT2D eigenvalue weighted by Crippen LogP contribution is 2.27. The smallest absolute Gasteiger partial charge is 0.227 e. The number of carbonyl (C=O) groups excluding carboxylic acids is 1. The Morgan fingerprint density at radius 3 is 2.66 bits per heavy atom. The number of fused-ring (bicyclic) bond motifs is 1. The van der Waals surface area contributed by atoms with Gasteiger partial charge in [0, 0.05) is 19.6 Å². The maximum absolute atomic E-state index is 12.8. The highest BCUT2D eigenvalue weighted by Gasteiger charge is 2.24. The summed E-state index contributed by atoms with van der Waals surface area (Å²) in [5.41, 5.74) is 2.18. The number of hydrogen-bond donors (Lipinski definition) is 1. The molecule has 32 heavy (non-hydrogen) atoms. The van der Waals surface area contributed by atoms with Crippen LogP contribution in [0.3, 0.4) is 0 Å². The molecule has 1 N–H and O–H groups in total. The lowest BCUT2D eigenvalue weighted by atomic mass is 9.96.